The number of nitrogens with one attached hydrogen (secondary N) is 1. The van der Waals surface area contributed by atoms with Gasteiger partial charge < -0.3 is 14.3 Å². The van der Waals surface area contributed by atoms with Crippen LogP contribution in [0.25, 0.3) is 0 Å². The molecule has 5 nitrogen and oxygen atoms in total. The number of unbranched alkanes of at least 4 members (excludes halogenated alkanes) is 1. The van der Waals surface area contributed by atoms with Gasteiger partial charge in [-0.25, -0.2) is 0 Å². The number of rotatable bonds is 8. The second-order valence-corrected chi connectivity index (χ2v) is 4.81. The molecule has 1 heterocycles. The number of hydrogen-bond acceptors (Lipinski definition) is 5. The Morgan fingerprint density at radius 1 is 1.50 bits per heavy atom. The SMILES string of the molecule is CCCCON[C@@H]1CC[C@@H](C(=O)[B]OC)N(C)C1. The van der Waals surface area contributed by atoms with Crippen molar-refractivity contribution in [1.29, 1.82) is 0 Å². The highest BCUT2D eigenvalue weighted by Gasteiger charge is 2.30. The molecule has 1 aliphatic rings. The number of piperidine rings is 1. The van der Waals surface area contributed by atoms with Gasteiger partial charge in [-0.15, -0.1) is 0 Å². The quantitative estimate of drug-likeness (QED) is 0.390. The van der Waals surface area contributed by atoms with Crippen molar-refractivity contribution >= 4 is 13.2 Å². The highest BCUT2D eigenvalue weighted by atomic mass is 16.6. The summed E-state index contributed by atoms with van der Waals surface area (Å²) in [7, 11) is 4.77. The van der Waals surface area contributed by atoms with Crippen LogP contribution in [0.15, 0.2) is 0 Å². The number of nitrogens with zero attached hydrogens (tertiary/aromatic N) is 1. The van der Waals surface area contributed by atoms with Crippen LogP contribution in [0.4, 0.5) is 0 Å². The third-order valence-corrected chi connectivity index (χ3v) is 3.24. The molecule has 1 radical (unpaired) electrons. The summed E-state index contributed by atoms with van der Waals surface area (Å²) in [5.41, 5.74) is 3.13. The highest BCUT2D eigenvalue weighted by Crippen LogP contribution is 2.16. The average Bonchev–Trinajstić information content (AvgIpc) is 2.35. The standard InChI is InChI=1S/C12H24BN2O3/c1-4-5-8-18-14-10-6-7-11(15(2)9-10)12(16)13-17-3/h10-11,14H,4-9H2,1-3H3/t10-,11+/m1/s1. The van der Waals surface area contributed by atoms with Crippen molar-refractivity contribution in [3.05, 3.63) is 0 Å². The van der Waals surface area contributed by atoms with Crippen molar-refractivity contribution in [3.63, 3.8) is 0 Å². The van der Waals surface area contributed by atoms with Crippen molar-refractivity contribution in [2.45, 2.75) is 44.7 Å². The molecule has 2 atom stereocenters. The topological polar surface area (TPSA) is 50.8 Å². The summed E-state index contributed by atoms with van der Waals surface area (Å²) in [5, 5.41) is 0. The maximum atomic E-state index is 11.7. The Kier molecular flexibility index (Phi) is 7.50. The van der Waals surface area contributed by atoms with Crippen LogP contribution in [0.1, 0.15) is 32.6 Å². The van der Waals surface area contributed by atoms with Crippen molar-refractivity contribution in [2.75, 3.05) is 27.3 Å². The van der Waals surface area contributed by atoms with E-state index in [2.05, 4.69) is 17.3 Å². The molecule has 0 aromatic carbocycles. The van der Waals surface area contributed by atoms with E-state index >= 15 is 0 Å². The van der Waals surface area contributed by atoms with Gasteiger partial charge in [-0.1, -0.05) is 13.3 Å². The van der Waals surface area contributed by atoms with Crippen LogP contribution in [0.5, 0.6) is 0 Å². The fraction of sp³-hybridized carbons (Fsp3) is 0.917. The monoisotopic (exact) mass is 255 g/mol. The summed E-state index contributed by atoms with van der Waals surface area (Å²) in [5.74, 6) is 0. The first-order chi connectivity index (χ1) is 8.69. The minimum atomic E-state index is -0.0568. The molecule has 0 unspecified atom stereocenters. The maximum Gasteiger partial charge on any atom is 0.378 e. The lowest BCUT2D eigenvalue weighted by Gasteiger charge is -2.36. The Labute approximate surface area is 110 Å². The number of hydroxylamine groups is 1. The van der Waals surface area contributed by atoms with Gasteiger partial charge in [0.25, 0.3) is 0 Å². The molecule has 0 saturated carbocycles. The summed E-state index contributed by atoms with van der Waals surface area (Å²) in [4.78, 5) is 19.2. The number of likely N-dealkylation sites (tertiary alicyclic amines) is 1. The van der Waals surface area contributed by atoms with Crippen LogP contribution in [-0.4, -0.2) is 57.5 Å². The Bertz CT molecular complexity index is 253. The zero-order chi connectivity index (χ0) is 13.4. The van der Waals surface area contributed by atoms with Crippen molar-refractivity contribution in [2.24, 2.45) is 0 Å². The van der Waals surface area contributed by atoms with E-state index in [1.807, 2.05) is 7.05 Å². The molecule has 1 rings (SSSR count). The molecule has 103 valence electrons. The molecule has 0 amide bonds. The number of carbonyl (C=O) groups excluding carboxylic acids is 1. The van der Waals surface area contributed by atoms with E-state index in [0.717, 1.165) is 38.8 Å². The summed E-state index contributed by atoms with van der Waals surface area (Å²) in [6, 6.07) is 0.247. The molecule has 1 aliphatic heterocycles. The molecule has 1 saturated heterocycles. The molecule has 0 bridgehead atoms. The number of hydrogen-bond donors (Lipinski definition) is 1. The molecule has 0 aromatic rings. The number of carbonyl (C=O) groups is 1. The smallest absolute Gasteiger partial charge is 0.378 e. The van der Waals surface area contributed by atoms with Gasteiger partial charge in [0.05, 0.1) is 12.6 Å². The van der Waals surface area contributed by atoms with Crippen molar-refractivity contribution in [1.82, 2.24) is 10.4 Å². The van der Waals surface area contributed by atoms with Gasteiger partial charge in [0, 0.05) is 19.7 Å². The van der Waals surface area contributed by atoms with E-state index in [9.17, 15) is 4.79 Å². The van der Waals surface area contributed by atoms with E-state index in [-0.39, 0.29) is 11.7 Å². The fourth-order valence-corrected chi connectivity index (χ4v) is 2.19. The van der Waals surface area contributed by atoms with E-state index < -0.39 is 0 Å². The molecule has 1 N–H and O–H groups in total. The number of likely N-dealkylation sites (N-methyl/N-ethyl adjacent to an activating group) is 1. The van der Waals surface area contributed by atoms with Gasteiger partial charge in [0.2, 0.25) is 0 Å². The normalized spacial score (nSPS) is 25.1. The van der Waals surface area contributed by atoms with Crippen LogP contribution in [0, 0.1) is 0 Å². The molecule has 1 fully saturated rings. The second kappa shape index (κ2) is 8.64. The van der Waals surface area contributed by atoms with E-state index in [4.69, 9.17) is 9.49 Å². The zero-order valence-corrected chi connectivity index (χ0v) is 11.6. The van der Waals surface area contributed by atoms with E-state index in [1.54, 1.807) is 0 Å². The summed E-state index contributed by atoms with van der Waals surface area (Å²) >= 11 is 0. The van der Waals surface area contributed by atoms with Crippen LogP contribution >= 0.6 is 0 Å². The third-order valence-electron chi connectivity index (χ3n) is 3.24. The molecule has 0 aromatic heterocycles. The minimum absolute atomic E-state index is 0.0466. The molecular formula is C12H24BN2O3. The maximum absolute atomic E-state index is 11.7. The summed E-state index contributed by atoms with van der Waals surface area (Å²) in [6.45, 7) is 3.71. The predicted molar refractivity (Wildman–Crippen MR) is 71.2 cm³/mol. The fourth-order valence-electron chi connectivity index (χ4n) is 2.19. The lowest BCUT2D eigenvalue weighted by Crippen LogP contribution is -2.52. The van der Waals surface area contributed by atoms with Gasteiger partial charge in [-0.2, -0.15) is 5.48 Å². The Hall–Kier alpha value is -0.425. The lowest BCUT2D eigenvalue weighted by molar-refractivity contribution is -0.119. The van der Waals surface area contributed by atoms with Gasteiger partial charge in [0.15, 0.2) is 0 Å². The average molecular weight is 255 g/mol. The van der Waals surface area contributed by atoms with E-state index in [1.165, 1.54) is 14.6 Å². The second-order valence-electron chi connectivity index (χ2n) is 4.81. The Balaban J connectivity index is 2.25. The highest BCUT2D eigenvalue weighted by molar-refractivity contribution is 6.70. The summed E-state index contributed by atoms with van der Waals surface area (Å²) in [6.07, 6.45) is 3.99. The summed E-state index contributed by atoms with van der Waals surface area (Å²) < 4.78 is 4.78. The molecule has 18 heavy (non-hydrogen) atoms. The third kappa shape index (κ3) is 5.06. The van der Waals surface area contributed by atoms with E-state index in [0.29, 0.717) is 6.04 Å². The van der Waals surface area contributed by atoms with Gasteiger partial charge in [-0.3, -0.25) is 4.90 Å². The van der Waals surface area contributed by atoms with Crippen LogP contribution in [0.2, 0.25) is 0 Å². The molecule has 0 spiro atoms. The predicted octanol–water partition coefficient (Wildman–Crippen LogP) is 0.563. The molecule has 0 aliphatic carbocycles. The van der Waals surface area contributed by atoms with Gasteiger partial charge in [-0.05, 0) is 26.3 Å². The first-order valence-corrected chi connectivity index (χ1v) is 6.66. The van der Waals surface area contributed by atoms with Gasteiger partial charge in [0.1, 0.15) is 5.68 Å². The Morgan fingerprint density at radius 2 is 2.28 bits per heavy atom. The largest absolute Gasteiger partial charge is 0.434 e. The van der Waals surface area contributed by atoms with Crippen molar-refractivity contribution in [3.8, 4) is 0 Å². The Morgan fingerprint density at radius 3 is 2.89 bits per heavy atom. The zero-order valence-electron chi connectivity index (χ0n) is 11.6. The first-order valence-electron chi connectivity index (χ1n) is 6.66. The van der Waals surface area contributed by atoms with Crippen molar-refractivity contribution < 1.29 is 14.3 Å². The van der Waals surface area contributed by atoms with Crippen LogP contribution in [0.3, 0.4) is 0 Å². The molecule has 6 heteroatoms. The lowest BCUT2D eigenvalue weighted by atomic mass is 9.82. The minimum Gasteiger partial charge on any atom is -0.434 e. The molecular weight excluding hydrogens is 231 g/mol. The van der Waals surface area contributed by atoms with Crippen LogP contribution < -0.4 is 5.48 Å². The van der Waals surface area contributed by atoms with Gasteiger partial charge >= 0.3 is 7.48 Å². The first kappa shape index (κ1) is 15.6. The van der Waals surface area contributed by atoms with Crippen LogP contribution in [-0.2, 0) is 14.3 Å².